The van der Waals surface area contributed by atoms with E-state index in [9.17, 15) is 4.79 Å². The van der Waals surface area contributed by atoms with E-state index in [2.05, 4.69) is 33.4 Å². The summed E-state index contributed by atoms with van der Waals surface area (Å²) in [6.07, 6.45) is 4.18. The molecule has 192 valence electrons. The maximum atomic E-state index is 12.0. The molecule has 2 aliphatic rings. The van der Waals surface area contributed by atoms with Gasteiger partial charge >= 0.3 is 6.09 Å². The molecule has 2 heterocycles. The molecule has 1 aliphatic heterocycles. The number of hydrogen-bond acceptors (Lipinski definition) is 8. The Hall–Kier alpha value is -2.72. The smallest absolute Gasteiger partial charge is 0.426 e. The summed E-state index contributed by atoms with van der Waals surface area (Å²) < 4.78 is 12.4. The van der Waals surface area contributed by atoms with E-state index in [-0.39, 0.29) is 6.09 Å². The normalized spacial score (nSPS) is 16.4. The molecule has 0 unspecified atom stereocenters. The van der Waals surface area contributed by atoms with Crippen LogP contribution in [0.25, 0.3) is 10.2 Å². The second-order valence-electron chi connectivity index (χ2n) is 9.39. The zero-order valence-electron chi connectivity index (χ0n) is 20.6. The average molecular weight is 511 g/mol. The molecule has 1 amide bonds. The highest BCUT2D eigenvalue weighted by Gasteiger charge is 2.24. The molecule has 1 N–H and O–H groups in total. The fourth-order valence-electron chi connectivity index (χ4n) is 4.25. The van der Waals surface area contributed by atoms with Crippen LogP contribution in [0, 0.1) is 5.92 Å². The topological polar surface area (TPSA) is 76.2 Å². The van der Waals surface area contributed by atoms with Crippen molar-refractivity contribution < 1.29 is 19.1 Å². The lowest BCUT2D eigenvalue weighted by atomic mass is 10.1. The first-order valence-corrected chi connectivity index (χ1v) is 13.7. The number of ether oxygens (including phenoxy) is 2. The third-order valence-electron chi connectivity index (χ3n) is 6.44. The summed E-state index contributed by atoms with van der Waals surface area (Å²) >= 11 is 1.56. The highest BCUT2D eigenvalue weighted by Crippen LogP contribution is 2.31. The number of nitrogens with one attached hydrogen (secondary N) is 1. The number of thiazole rings is 1. The molecule has 1 saturated carbocycles. The zero-order valence-corrected chi connectivity index (χ0v) is 21.4. The first-order valence-electron chi connectivity index (χ1n) is 12.8. The molecule has 1 saturated heterocycles. The number of rotatable bonds is 12. The Kier molecular flexibility index (Phi) is 8.66. The minimum Gasteiger partial charge on any atom is -0.431 e. The molecule has 1 aromatic heterocycles. The molecule has 2 fully saturated rings. The van der Waals surface area contributed by atoms with Gasteiger partial charge in [0.15, 0.2) is 0 Å². The quantitative estimate of drug-likeness (QED) is 0.354. The number of hydrogen-bond donors (Lipinski definition) is 1. The second-order valence-corrected chi connectivity index (χ2v) is 10.4. The lowest BCUT2D eigenvalue weighted by Gasteiger charge is -2.25. The van der Waals surface area contributed by atoms with Crippen molar-refractivity contribution in [2.75, 3.05) is 52.5 Å². The maximum absolute atomic E-state index is 12.0. The van der Waals surface area contributed by atoms with Crippen LogP contribution in [0.3, 0.4) is 0 Å². The number of para-hydroxylation sites is 1. The maximum Gasteiger partial charge on any atom is 0.426 e. The van der Waals surface area contributed by atoms with Gasteiger partial charge in [-0.1, -0.05) is 35.6 Å². The van der Waals surface area contributed by atoms with Gasteiger partial charge in [-0.3, -0.25) is 0 Å². The number of hydroxylamine groups is 2. The van der Waals surface area contributed by atoms with Crippen LogP contribution in [0.5, 0.6) is 10.9 Å². The van der Waals surface area contributed by atoms with Gasteiger partial charge in [-0.15, -0.1) is 5.06 Å². The monoisotopic (exact) mass is 510 g/mol. The number of amides is 1. The van der Waals surface area contributed by atoms with Crippen molar-refractivity contribution in [1.82, 2.24) is 20.3 Å². The van der Waals surface area contributed by atoms with Gasteiger partial charge in [0.05, 0.1) is 36.5 Å². The number of nitrogens with zero attached hydrogens (tertiary/aromatic N) is 3. The molecule has 8 nitrogen and oxygen atoms in total. The van der Waals surface area contributed by atoms with Crippen LogP contribution < -0.4 is 10.1 Å². The molecule has 0 bridgehead atoms. The summed E-state index contributed by atoms with van der Waals surface area (Å²) in [5.74, 6) is 1.64. The van der Waals surface area contributed by atoms with E-state index in [1.807, 2.05) is 30.3 Å². The summed E-state index contributed by atoms with van der Waals surface area (Å²) in [7, 11) is 0. The average Bonchev–Trinajstić information content (AvgIpc) is 3.62. The Morgan fingerprint density at radius 1 is 1.11 bits per heavy atom. The van der Waals surface area contributed by atoms with E-state index in [1.165, 1.54) is 18.4 Å². The van der Waals surface area contributed by atoms with Gasteiger partial charge in [0.1, 0.15) is 5.75 Å². The minimum atomic E-state index is -0.376. The van der Waals surface area contributed by atoms with Crippen molar-refractivity contribution >= 4 is 27.6 Å². The van der Waals surface area contributed by atoms with Crippen molar-refractivity contribution in [3.63, 3.8) is 0 Å². The highest BCUT2D eigenvalue weighted by atomic mass is 32.1. The summed E-state index contributed by atoms with van der Waals surface area (Å²) in [6, 6.07) is 16.4. The van der Waals surface area contributed by atoms with Gasteiger partial charge < -0.3 is 24.5 Å². The van der Waals surface area contributed by atoms with E-state index in [0.717, 1.165) is 54.4 Å². The van der Waals surface area contributed by atoms with E-state index in [4.69, 9.17) is 14.3 Å². The molecule has 5 rings (SSSR count). The predicted molar refractivity (Wildman–Crippen MR) is 140 cm³/mol. The predicted octanol–water partition coefficient (Wildman–Crippen LogP) is 4.71. The van der Waals surface area contributed by atoms with Crippen molar-refractivity contribution in [1.29, 1.82) is 0 Å². The van der Waals surface area contributed by atoms with E-state index in [0.29, 0.717) is 38.0 Å². The number of carbonyl (C=O) groups excluding carboxylic acids is 1. The molecule has 3 aromatic rings. The fourth-order valence-corrected chi connectivity index (χ4v) is 5.08. The third-order valence-corrected chi connectivity index (χ3v) is 7.35. The van der Waals surface area contributed by atoms with Crippen molar-refractivity contribution in [3.8, 4) is 10.9 Å². The van der Waals surface area contributed by atoms with Gasteiger partial charge in [-0.25, -0.2) is 9.78 Å². The lowest BCUT2D eigenvalue weighted by molar-refractivity contribution is -0.145. The van der Waals surface area contributed by atoms with Crippen molar-refractivity contribution in [3.05, 3.63) is 54.1 Å². The van der Waals surface area contributed by atoms with Crippen LogP contribution in [-0.4, -0.2) is 73.5 Å². The standard InChI is InChI=1S/C27H34N4O4S/c32-26(35-31-16-18-33-19-17-31)28-13-3-14-30(20-22-6-7-22)15-12-21-8-10-23(11-9-21)34-27-29-24-4-1-2-5-25(24)36-27/h1-2,4-5,8-11,22H,3,6-7,12-20H2,(H,28,32). The molecular formula is C27H34N4O4S. The molecule has 0 atom stereocenters. The summed E-state index contributed by atoms with van der Waals surface area (Å²) in [4.78, 5) is 24.4. The Morgan fingerprint density at radius 2 is 1.92 bits per heavy atom. The summed E-state index contributed by atoms with van der Waals surface area (Å²) in [5.41, 5.74) is 2.26. The molecule has 9 heteroatoms. The fraction of sp³-hybridized carbons (Fsp3) is 0.481. The number of fused-ring (bicyclic) bond motifs is 1. The molecule has 36 heavy (non-hydrogen) atoms. The first-order chi connectivity index (χ1) is 17.7. The third kappa shape index (κ3) is 7.64. The molecule has 0 spiro atoms. The van der Waals surface area contributed by atoms with Crippen LogP contribution in [0.1, 0.15) is 24.8 Å². The first kappa shape index (κ1) is 25.0. The zero-order chi connectivity index (χ0) is 24.6. The Labute approximate surface area is 216 Å². The lowest BCUT2D eigenvalue weighted by Crippen LogP contribution is -2.41. The number of benzene rings is 2. The number of carbonyl (C=O) groups is 1. The summed E-state index contributed by atoms with van der Waals surface area (Å²) in [6.45, 7) is 6.17. The number of morpholine rings is 1. The van der Waals surface area contributed by atoms with Gasteiger partial charge in [0, 0.05) is 19.6 Å². The minimum absolute atomic E-state index is 0.376. The molecule has 0 radical (unpaired) electrons. The highest BCUT2D eigenvalue weighted by molar-refractivity contribution is 7.20. The van der Waals surface area contributed by atoms with E-state index >= 15 is 0 Å². The van der Waals surface area contributed by atoms with Crippen LogP contribution in [0.15, 0.2) is 48.5 Å². The van der Waals surface area contributed by atoms with E-state index in [1.54, 1.807) is 16.4 Å². The van der Waals surface area contributed by atoms with Crippen LogP contribution in [-0.2, 0) is 16.0 Å². The van der Waals surface area contributed by atoms with Gasteiger partial charge in [0.2, 0.25) is 0 Å². The number of aromatic nitrogens is 1. The van der Waals surface area contributed by atoms with E-state index < -0.39 is 0 Å². The molecule has 2 aromatic carbocycles. The van der Waals surface area contributed by atoms with Crippen LogP contribution in [0.2, 0.25) is 0 Å². The Morgan fingerprint density at radius 3 is 2.69 bits per heavy atom. The van der Waals surface area contributed by atoms with Gasteiger partial charge in [-0.2, -0.15) is 0 Å². The molecular weight excluding hydrogens is 476 g/mol. The SMILES string of the molecule is O=C(NCCCN(CCc1ccc(Oc2nc3ccccc3s2)cc1)CC1CC1)ON1CCOCC1. The second kappa shape index (κ2) is 12.5. The van der Waals surface area contributed by atoms with Gasteiger partial charge in [-0.05, 0) is 68.0 Å². The Balaban J connectivity index is 1.04. The van der Waals surface area contributed by atoms with Gasteiger partial charge in [0.25, 0.3) is 5.19 Å². The summed E-state index contributed by atoms with van der Waals surface area (Å²) in [5, 5.41) is 5.20. The van der Waals surface area contributed by atoms with Crippen LogP contribution in [0.4, 0.5) is 4.79 Å². The van der Waals surface area contributed by atoms with Crippen molar-refractivity contribution in [2.24, 2.45) is 5.92 Å². The van der Waals surface area contributed by atoms with Crippen LogP contribution >= 0.6 is 11.3 Å². The van der Waals surface area contributed by atoms with Crippen molar-refractivity contribution in [2.45, 2.75) is 25.7 Å². The largest absolute Gasteiger partial charge is 0.431 e. The molecule has 1 aliphatic carbocycles. The Bertz CT molecular complexity index is 1080.